The van der Waals surface area contributed by atoms with Gasteiger partial charge in [0.2, 0.25) is 5.13 Å². The number of rotatable bonds is 4. The van der Waals surface area contributed by atoms with E-state index in [0.29, 0.717) is 10.7 Å². The van der Waals surface area contributed by atoms with E-state index in [4.69, 9.17) is 4.74 Å². The zero-order chi connectivity index (χ0) is 18.2. The molecule has 7 nitrogen and oxygen atoms in total. The fourth-order valence-electron chi connectivity index (χ4n) is 2.31. The van der Waals surface area contributed by atoms with Crippen LogP contribution in [0.15, 0.2) is 11.4 Å². The minimum Gasteiger partial charge on any atom is -0.444 e. The third kappa shape index (κ3) is 4.76. The van der Waals surface area contributed by atoms with Crippen LogP contribution in [0.25, 0.3) is 0 Å². The molecule has 0 spiro atoms. The highest BCUT2D eigenvalue weighted by Crippen LogP contribution is 2.43. The maximum Gasteiger partial charge on any atom is 0.407 e. The molecule has 0 aliphatic heterocycles. The van der Waals surface area contributed by atoms with Crippen LogP contribution in [-0.2, 0) is 4.74 Å². The van der Waals surface area contributed by atoms with Crippen molar-refractivity contribution < 1.29 is 14.3 Å². The molecule has 134 valence electrons. The molecule has 9 heteroatoms. The van der Waals surface area contributed by atoms with E-state index in [1.807, 2.05) is 39.1 Å². The van der Waals surface area contributed by atoms with Crippen LogP contribution in [0.2, 0.25) is 0 Å². The van der Waals surface area contributed by atoms with Gasteiger partial charge < -0.3 is 10.1 Å². The van der Waals surface area contributed by atoms with Crippen LogP contribution in [0.5, 0.6) is 0 Å². The number of carbonyl (C=O) groups excluding carboxylic acids is 2. The summed E-state index contributed by atoms with van der Waals surface area (Å²) in [6.45, 7) is 7.34. The third-order valence-electron chi connectivity index (χ3n) is 3.49. The van der Waals surface area contributed by atoms with E-state index in [-0.39, 0.29) is 17.9 Å². The first kappa shape index (κ1) is 17.8. The number of alkyl carbamates (subject to hydrolysis) is 1. The van der Waals surface area contributed by atoms with Crippen molar-refractivity contribution >= 4 is 39.8 Å². The molecular weight excluding hydrogens is 360 g/mol. The highest BCUT2D eigenvalue weighted by molar-refractivity contribution is 7.15. The van der Waals surface area contributed by atoms with Crippen LogP contribution in [0.1, 0.15) is 53.4 Å². The molecule has 0 radical (unpaired) electrons. The first-order valence-corrected chi connectivity index (χ1v) is 9.60. The summed E-state index contributed by atoms with van der Waals surface area (Å²) in [6, 6.07) is 1.94. The second-order valence-electron chi connectivity index (χ2n) is 6.91. The average Bonchev–Trinajstić information content (AvgIpc) is 2.91. The van der Waals surface area contributed by atoms with E-state index in [9.17, 15) is 9.59 Å². The Bertz CT molecular complexity index is 793. The van der Waals surface area contributed by atoms with Crippen molar-refractivity contribution in [2.45, 2.75) is 51.7 Å². The summed E-state index contributed by atoms with van der Waals surface area (Å²) in [6.07, 6.45) is 0.456. The molecule has 0 bridgehead atoms. The lowest BCUT2D eigenvalue weighted by molar-refractivity contribution is 0.0522. The lowest BCUT2D eigenvalue weighted by atomic mass is 10.2. The molecule has 1 aliphatic carbocycles. The van der Waals surface area contributed by atoms with Gasteiger partial charge in [0.15, 0.2) is 0 Å². The predicted octanol–water partition coefficient (Wildman–Crippen LogP) is 3.54. The van der Waals surface area contributed by atoms with E-state index in [1.54, 1.807) is 0 Å². The van der Waals surface area contributed by atoms with Gasteiger partial charge in [0, 0.05) is 22.2 Å². The number of ether oxygens (including phenoxy) is 1. The molecule has 2 heterocycles. The molecule has 1 saturated carbocycles. The lowest BCUT2D eigenvalue weighted by Gasteiger charge is -2.19. The van der Waals surface area contributed by atoms with Gasteiger partial charge in [-0.05, 0) is 40.2 Å². The van der Waals surface area contributed by atoms with E-state index in [2.05, 4.69) is 20.8 Å². The second kappa shape index (κ2) is 6.72. The Morgan fingerprint density at radius 2 is 2.08 bits per heavy atom. The summed E-state index contributed by atoms with van der Waals surface area (Å²) in [5.74, 6) is 0.0405. The molecule has 2 atom stereocenters. The fraction of sp³-hybridized carbons (Fsp3) is 0.500. The largest absolute Gasteiger partial charge is 0.444 e. The molecule has 2 aromatic rings. The van der Waals surface area contributed by atoms with Gasteiger partial charge in [-0.3, -0.25) is 10.1 Å². The number of hydrogen-bond acceptors (Lipinski definition) is 7. The Kier molecular flexibility index (Phi) is 4.79. The Balaban J connectivity index is 1.54. The van der Waals surface area contributed by atoms with Gasteiger partial charge >= 0.3 is 6.09 Å². The summed E-state index contributed by atoms with van der Waals surface area (Å²) in [5.41, 5.74) is 0.0851. The van der Waals surface area contributed by atoms with E-state index >= 15 is 0 Å². The van der Waals surface area contributed by atoms with Crippen molar-refractivity contribution in [3.63, 3.8) is 0 Å². The highest BCUT2D eigenvalue weighted by Gasteiger charge is 2.41. The van der Waals surface area contributed by atoms with Gasteiger partial charge in [0.1, 0.15) is 10.6 Å². The Labute approximate surface area is 153 Å². The summed E-state index contributed by atoms with van der Waals surface area (Å²) < 4.78 is 5.26. The maximum atomic E-state index is 12.2. The van der Waals surface area contributed by atoms with Crippen molar-refractivity contribution in [2.24, 2.45) is 0 Å². The molecule has 2 N–H and O–H groups in total. The predicted molar refractivity (Wildman–Crippen MR) is 97.4 cm³/mol. The number of carbonyl (C=O) groups is 2. The molecular formula is C16H20N4O3S2. The Morgan fingerprint density at radius 1 is 1.32 bits per heavy atom. The molecule has 2 amide bonds. The first-order valence-electron chi connectivity index (χ1n) is 7.90. The number of nitrogens with one attached hydrogen (secondary N) is 2. The molecule has 1 aliphatic rings. The maximum absolute atomic E-state index is 12.2. The minimum absolute atomic E-state index is 0.0650. The zero-order valence-corrected chi connectivity index (χ0v) is 16.1. The van der Waals surface area contributed by atoms with Crippen molar-refractivity contribution in [1.29, 1.82) is 0 Å². The van der Waals surface area contributed by atoms with Crippen LogP contribution >= 0.6 is 22.7 Å². The number of aryl methyl sites for hydroxylation is 1. The molecule has 2 aromatic heterocycles. The average molecular weight is 380 g/mol. The molecule has 0 saturated heterocycles. The summed E-state index contributed by atoms with van der Waals surface area (Å²) >= 11 is 2.86. The molecule has 0 unspecified atom stereocenters. The van der Waals surface area contributed by atoms with E-state index in [0.717, 1.165) is 16.3 Å². The van der Waals surface area contributed by atoms with Crippen molar-refractivity contribution in [3.8, 4) is 0 Å². The van der Waals surface area contributed by atoms with Crippen LogP contribution < -0.4 is 10.6 Å². The number of anilines is 1. The van der Waals surface area contributed by atoms with Crippen LogP contribution in [-0.4, -0.2) is 33.8 Å². The quantitative estimate of drug-likeness (QED) is 0.846. The van der Waals surface area contributed by atoms with Crippen LogP contribution in [0.3, 0.4) is 0 Å². The van der Waals surface area contributed by atoms with Crippen molar-refractivity contribution in [1.82, 2.24) is 15.5 Å². The first-order chi connectivity index (χ1) is 11.7. The number of amides is 2. The van der Waals surface area contributed by atoms with Crippen LogP contribution in [0.4, 0.5) is 9.93 Å². The summed E-state index contributed by atoms with van der Waals surface area (Å²) in [5, 5.41) is 16.5. The van der Waals surface area contributed by atoms with Gasteiger partial charge in [-0.25, -0.2) is 4.79 Å². The van der Waals surface area contributed by atoms with E-state index in [1.165, 1.54) is 22.7 Å². The van der Waals surface area contributed by atoms with Gasteiger partial charge in [0.05, 0.1) is 5.56 Å². The van der Waals surface area contributed by atoms with Gasteiger partial charge in [-0.1, -0.05) is 11.3 Å². The molecule has 25 heavy (non-hydrogen) atoms. The standard InChI is InChI=1S/C16H20N4O3S2/c1-8-19-20-14(25-8)18-13(21)9-5-12(24-7-9)10-6-11(10)17-15(22)23-16(2,3)4/h5,7,10-11H,6H2,1-4H3,(H,17,22)(H,18,20,21)/t10-,11-/m1/s1. The summed E-state index contributed by atoms with van der Waals surface area (Å²) in [7, 11) is 0. The number of nitrogens with zero attached hydrogens (tertiary/aromatic N) is 2. The third-order valence-corrected chi connectivity index (χ3v) is 5.31. The molecule has 0 aromatic carbocycles. The van der Waals surface area contributed by atoms with Crippen LogP contribution in [0, 0.1) is 6.92 Å². The minimum atomic E-state index is -0.508. The van der Waals surface area contributed by atoms with Crippen molar-refractivity contribution in [3.05, 3.63) is 26.9 Å². The number of thiophene rings is 1. The lowest BCUT2D eigenvalue weighted by Crippen LogP contribution is -2.34. The topological polar surface area (TPSA) is 93.2 Å². The number of aromatic nitrogens is 2. The number of hydrogen-bond donors (Lipinski definition) is 2. The van der Waals surface area contributed by atoms with Crippen molar-refractivity contribution in [2.75, 3.05) is 5.32 Å². The van der Waals surface area contributed by atoms with Gasteiger partial charge in [0.25, 0.3) is 5.91 Å². The zero-order valence-electron chi connectivity index (χ0n) is 14.5. The second-order valence-corrected chi connectivity index (χ2v) is 9.04. The SMILES string of the molecule is Cc1nnc(NC(=O)c2csc([C@@H]3C[C@H]3NC(=O)OC(C)(C)C)c2)s1. The highest BCUT2D eigenvalue weighted by atomic mass is 32.1. The Hall–Kier alpha value is -2.00. The normalized spacial score (nSPS) is 19.4. The summed E-state index contributed by atoms with van der Waals surface area (Å²) in [4.78, 5) is 25.1. The van der Waals surface area contributed by atoms with Gasteiger partial charge in [-0.15, -0.1) is 21.5 Å². The van der Waals surface area contributed by atoms with Gasteiger partial charge in [-0.2, -0.15) is 0 Å². The van der Waals surface area contributed by atoms with E-state index < -0.39 is 11.7 Å². The molecule has 3 rings (SSSR count). The fourth-order valence-corrected chi connectivity index (χ4v) is 3.97. The smallest absolute Gasteiger partial charge is 0.407 e. The molecule has 1 fully saturated rings. The Morgan fingerprint density at radius 3 is 2.72 bits per heavy atom. The monoisotopic (exact) mass is 380 g/mol.